The van der Waals surface area contributed by atoms with Crippen LogP contribution in [0.3, 0.4) is 0 Å². The molecule has 1 aliphatic rings. The molecule has 1 aliphatic heterocycles. The van der Waals surface area contributed by atoms with Gasteiger partial charge in [-0.05, 0) is 12.1 Å². The van der Waals surface area contributed by atoms with Crippen molar-refractivity contribution in [1.82, 2.24) is 10.2 Å². The van der Waals surface area contributed by atoms with Gasteiger partial charge in [-0.2, -0.15) is 0 Å². The van der Waals surface area contributed by atoms with Gasteiger partial charge in [0.15, 0.2) is 0 Å². The number of hydrogen-bond acceptors (Lipinski definition) is 4. The van der Waals surface area contributed by atoms with Crippen molar-refractivity contribution in [2.24, 2.45) is 0 Å². The van der Waals surface area contributed by atoms with Crippen molar-refractivity contribution in [2.45, 2.75) is 24.9 Å². The normalized spacial score (nSPS) is 17.4. The third-order valence-electron chi connectivity index (χ3n) is 3.42. The quantitative estimate of drug-likeness (QED) is 0.861. The summed E-state index contributed by atoms with van der Waals surface area (Å²) in [5.74, 6) is -0.389. The zero-order valence-corrected chi connectivity index (χ0v) is 11.3. The second-order valence-electron chi connectivity index (χ2n) is 4.87. The number of ether oxygens (including phenoxy) is 1. The molecule has 110 valence electrons. The minimum atomic E-state index is -1.24. The second kappa shape index (κ2) is 5.96. The Morgan fingerprint density at radius 2 is 2.15 bits per heavy atom. The molecule has 0 spiro atoms. The van der Waals surface area contributed by atoms with Gasteiger partial charge in [0.25, 0.3) is 0 Å². The standard InChI is InChI=1S/C13H18N2O5/c1-15(9-10-3-2-6-20-10)12(18)14-13(11(16)17)4-7-19-8-5-13/h2-3,6H,4-5,7-9H2,1H3,(H,14,18)(H,16,17). The minimum absolute atomic E-state index is 0.267. The smallest absolute Gasteiger partial charge is 0.329 e. The summed E-state index contributed by atoms with van der Waals surface area (Å²) in [5.41, 5.74) is -1.24. The van der Waals surface area contributed by atoms with Gasteiger partial charge in [-0.15, -0.1) is 0 Å². The van der Waals surface area contributed by atoms with Crippen molar-refractivity contribution in [3.05, 3.63) is 24.2 Å². The molecule has 1 aromatic rings. The highest BCUT2D eigenvalue weighted by molar-refractivity contribution is 5.86. The number of carboxylic acids is 1. The van der Waals surface area contributed by atoms with Crippen LogP contribution in [-0.4, -0.2) is 47.8 Å². The van der Waals surface area contributed by atoms with E-state index >= 15 is 0 Å². The molecule has 2 N–H and O–H groups in total. The van der Waals surface area contributed by atoms with Crippen LogP contribution in [0.5, 0.6) is 0 Å². The molecule has 1 aromatic heterocycles. The van der Waals surface area contributed by atoms with E-state index < -0.39 is 17.5 Å². The molecule has 0 bridgehead atoms. The zero-order valence-electron chi connectivity index (χ0n) is 11.3. The molecule has 0 atom stereocenters. The summed E-state index contributed by atoms with van der Waals surface area (Å²) >= 11 is 0. The Labute approximate surface area is 116 Å². The number of aliphatic carboxylic acids is 1. The molecular weight excluding hydrogens is 264 g/mol. The van der Waals surface area contributed by atoms with Crippen molar-refractivity contribution < 1.29 is 23.8 Å². The highest BCUT2D eigenvalue weighted by Gasteiger charge is 2.42. The number of carbonyl (C=O) groups is 2. The van der Waals surface area contributed by atoms with Crippen molar-refractivity contribution in [3.63, 3.8) is 0 Å². The lowest BCUT2D eigenvalue weighted by Gasteiger charge is -2.35. The number of nitrogens with one attached hydrogen (secondary N) is 1. The number of carboxylic acid groups (broad SMARTS) is 1. The number of carbonyl (C=O) groups excluding carboxylic acids is 1. The molecule has 7 nitrogen and oxygen atoms in total. The van der Waals surface area contributed by atoms with Crippen molar-refractivity contribution in [1.29, 1.82) is 0 Å². The third-order valence-corrected chi connectivity index (χ3v) is 3.42. The van der Waals surface area contributed by atoms with Gasteiger partial charge in [-0.1, -0.05) is 0 Å². The van der Waals surface area contributed by atoms with Gasteiger partial charge in [-0.25, -0.2) is 9.59 Å². The SMILES string of the molecule is CN(Cc1ccco1)C(=O)NC1(C(=O)O)CCOCC1. The molecule has 20 heavy (non-hydrogen) atoms. The summed E-state index contributed by atoms with van der Waals surface area (Å²) in [6.45, 7) is 0.938. The lowest BCUT2D eigenvalue weighted by atomic mass is 9.90. The van der Waals surface area contributed by atoms with Gasteiger partial charge in [0.05, 0.1) is 12.8 Å². The molecule has 0 radical (unpaired) electrons. The third kappa shape index (κ3) is 3.11. The fourth-order valence-corrected chi connectivity index (χ4v) is 2.12. The van der Waals surface area contributed by atoms with Crippen LogP contribution in [0, 0.1) is 0 Å². The van der Waals surface area contributed by atoms with Gasteiger partial charge in [0, 0.05) is 33.1 Å². The van der Waals surface area contributed by atoms with Crippen LogP contribution in [0.15, 0.2) is 22.8 Å². The maximum Gasteiger partial charge on any atom is 0.329 e. The van der Waals surface area contributed by atoms with E-state index in [-0.39, 0.29) is 19.4 Å². The Kier molecular flexibility index (Phi) is 4.29. The first kappa shape index (κ1) is 14.4. The second-order valence-corrected chi connectivity index (χ2v) is 4.87. The summed E-state index contributed by atoms with van der Waals surface area (Å²) in [5, 5.41) is 12.0. The average molecular weight is 282 g/mol. The van der Waals surface area contributed by atoms with E-state index in [0.29, 0.717) is 19.0 Å². The fraction of sp³-hybridized carbons (Fsp3) is 0.538. The highest BCUT2D eigenvalue weighted by atomic mass is 16.5. The summed E-state index contributed by atoms with van der Waals surface area (Å²) < 4.78 is 10.3. The first-order chi connectivity index (χ1) is 9.53. The van der Waals surface area contributed by atoms with E-state index in [1.165, 1.54) is 11.2 Å². The number of rotatable bonds is 4. The first-order valence-electron chi connectivity index (χ1n) is 6.40. The Bertz CT molecular complexity index is 465. The summed E-state index contributed by atoms with van der Waals surface area (Å²) in [7, 11) is 1.59. The van der Waals surface area contributed by atoms with Gasteiger partial charge in [-0.3, -0.25) is 0 Å². The first-order valence-corrected chi connectivity index (χ1v) is 6.40. The number of urea groups is 1. The molecule has 2 heterocycles. The Hall–Kier alpha value is -2.02. The van der Waals surface area contributed by atoms with Crippen LogP contribution in [0.4, 0.5) is 4.79 Å². The monoisotopic (exact) mass is 282 g/mol. The van der Waals surface area contributed by atoms with E-state index in [4.69, 9.17) is 9.15 Å². The molecule has 0 unspecified atom stereocenters. The largest absolute Gasteiger partial charge is 0.480 e. The maximum absolute atomic E-state index is 12.1. The van der Waals surface area contributed by atoms with Crippen LogP contribution >= 0.6 is 0 Å². The number of nitrogens with zero attached hydrogens (tertiary/aromatic N) is 1. The predicted molar refractivity (Wildman–Crippen MR) is 69.1 cm³/mol. The van der Waals surface area contributed by atoms with E-state index in [2.05, 4.69) is 5.32 Å². The van der Waals surface area contributed by atoms with E-state index in [9.17, 15) is 14.7 Å². The molecule has 7 heteroatoms. The van der Waals surface area contributed by atoms with Gasteiger partial charge < -0.3 is 24.5 Å². The number of amides is 2. The molecule has 0 aliphatic carbocycles. The Morgan fingerprint density at radius 3 is 2.70 bits per heavy atom. The van der Waals surface area contributed by atoms with Crippen LogP contribution in [0.25, 0.3) is 0 Å². The molecule has 0 saturated carbocycles. The van der Waals surface area contributed by atoms with Crippen LogP contribution < -0.4 is 5.32 Å². The summed E-state index contributed by atoms with van der Waals surface area (Å²) in [6, 6.07) is 3.05. The van der Waals surface area contributed by atoms with Crippen LogP contribution in [0.1, 0.15) is 18.6 Å². The van der Waals surface area contributed by atoms with Crippen molar-refractivity contribution in [3.8, 4) is 0 Å². The van der Waals surface area contributed by atoms with Gasteiger partial charge in [0.1, 0.15) is 11.3 Å². The summed E-state index contributed by atoms with van der Waals surface area (Å²) in [4.78, 5) is 24.9. The molecular formula is C13H18N2O5. The molecule has 2 amide bonds. The zero-order chi connectivity index (χ0) is 14.6. The number of hydrogen-bond donors (Lipinski definition) is 2. The topological polar surface area (TPSA) is 92.0 Å². The predicted octanol–water partition coefficient (Wildman–Crippen LogP) is 1.05. The molecule has 1 saturated heterocycles. The van der Waals surface area contributed by atoms with E-state index in [0.717, 1.165) is 0 Å². The highest BCUT2D eigenvalue weighted by Crippen LogP contribution is 2.21. The lowest BCUT2D eigenvalue weighted by molar-refractivity contribution is -0.148. The van der Waals surface area contributed by atoms with Crippen molar-refractivity contribution in [2.75, 3.05) is 20.3 Å². The fourth-order valence-electron chi connectivity index (χ4n) is 2.12. The molecule has 1 fully saturated rings. The Morgan fingerprint density at radius 1 is 1.45 bits per heavy atom. The molecule has 0 aromatic carbocycles. The van der Waals surface area contributed by atoms with E-state index in [1.807, 2.05) is 0 Å². The number of furan rings is 1. The summed E-state index contributed by atoms with van der Waals surface area (Å²) in [6.07, 6.45) is 2.06. The Balaban J connectivity index is 1.99. The lowest BCUT2D eigenvalue weighted by Crippen LogP contribution is -2.59. The average Bonchev–Trinajstić information content (AvgIpc) is 2.92. The van der Waals surface area contributed by atoms with Crippen LogP contribution in [0.2, 0.25) is 0 Å². The van der Waals surface area contributed by atoms with Gasteiger partial charge >= 0.3 is 12.0 Å². The van der Waals surface area contributed by atoms with Crippen molar-refractivity contribution >= 4 is 12.0 Å². The minimum Gasteiger partial charge on any atom is -0.480 e. The van der Waals surface area contributed by atoms with E-state index in [1.54, 1.807) is 19.2 Å². The molecule has 2 rings (SSSR count). The van der Waals surface area contributed by atoms with Gasteiger partial charge in [0.2, 0.25) is 0 Å². The van der Waals surface area contributed by atoms with Crippen LogP contribution in [-0.2, 0) is 16.1 Å². The maximum atomic E-state index is 12.1.